The quantitative estimate of drug-likeness (QED) is 0.841. The van der Waals surface area contributed by atoms with Gasteiger partial charge in [0, 0.05) is 11.6 Å². The summed E-state index contributed by atoms with van der Waals surface area (Å²) in [6.07, 6.45) is 1.65. The SMILES string of the molecule is Cc1ccc(S(N)(=O)=O)cc1C(=O)NC(C)CCc1ccccc1. The molecule has 24 heavy (non-hydrogen) atoms. The van der Waals surface area contributed by atoms with E-state index in [2.05, 4.69) is 5.32 Å². The highest BCUT2D eigenvalue weighted by Gasteiger charge is 2.16. The molecule has 0 radical (unpaired) electrons. The van der Waals surface area contributed by atoms with Crippen LogP contribution in [0.2, 0.25) is 0 Å². The van der Waals surface area contributed by atoms with Gasteiger partial charge in [0.05, 0.1) is 4.90 Å². The van der Waals surface area contributed by atoms with Crippen LogP contribution in [0.3, 0.4) is 0 Å². The molecule has 0 saturated carbocycles. The van der Waals surface area contributed by atoms with E-state index in [9.17, 15) is 13.2 Å². The Morgan fingerprint density at radius 3 is 2.46 bits per heavy atom. The number of rotatable bonds is 6. The molecule has 0 aromatic heterocycles. The van der Waals surface area contributed by atoms with E-state index in [0.717, 1.165) is 12.8 Å². The lowest BCUT2D eigenvalue weighted by Gasteiger charge is -2.15. The molecule has 2 aromatic carbocycles. The fourth-order valence-corrected chi connectivity index (χ4v) is 2.96. The van der Waals surface area contributed by atoms with Gasteiger partial charge in [-0.2, -0.15) is 0 Å². The Hall–Kier alpha value is -2.18. The smallest absolute Gasteiger partial charge is 0.251 e. The van der Waals surface area contributed by atoms with Gasteiger partial charge in [-0.25, -0.2) is 13.6 Å². The highest BCUT2D eigenvalue weighted by atomic mass is 32.2. The molecule has 0 aliphatic rings. The summed E-state index contributed by atoms with van der Waals surface area (Å²) in [4.78, 5) is 12.4. The number of hydrogen-bond acceptors (Lipinski definition) is 3. The summed E-state index contributed by atoms with van der Waals surface area (Å²) in [6, 6.07) is 14.3. The lowest BCUT2D eigenvalue weighted by atomic mass is 10.0. The van der Waals surface area contributed by atoms with E-state index in [4.69, 9.17) is 5.14 Å². The molecular formula is C18H22N2O3S. The van der Waals surface area contributed by atoms with Crippen LogP contribution in [0.5, 0.6) is 0 Å². The largest absolute Gasteiger partial charge is 0.350 e. The van der Waals surface area contributed by atoms with E-state index in [1.807, 2.05) is 37.3 Å². The normalized spacial score (nSPS) is 12.6. The zero-order chi connectivity index (χ0) is 17.7. The number of nitrogens with two attached hydrogens (primary N) is 1. The van der Waals surface area contributed by atoms with Gasteiger partial charge >= 0.3 is 0 Å². The summed E-state index contributed by atoms with van der Waals surface area (Å²) in [5.41, 5.74) is 2.24. The average molecular weight is 346 g/mol. The molecule has 3 N–H and O–H groups in total. The van der Waals surface area contributed by atoms with E-state index in [0.29, 0.717) is 11.1 Å². The molecule has 1 unspecified atom stereocenters. The first kappa shape index (κ1) is 18.2. The van der Waals surface area contributed by atoms with Crippen LogP contribution in [0.1, 0.15) is 34.8 Å². The van der Waals surface area contributed by atoms with E-state index in [1.165, 1.54) is 17.7 Å². The van der Waals surface area contributed by atoms with Gasteiger partial charge in [0.15, 0.2) is 0 Å². The molecule has 0 bridgehead atoms. The van der Waals surface area contributed by atoms with Crippen molar-refractivity contribution in [3.05, 3.63) is 65.2 Å². The summed E-state index contributed by atoms with van der Waals surface area (Å²) in [5, 5.41) is 8.04. The molecule has 1 amide bonds. The Bertz CT molecular complexity index is 817. The van der Waals surface area contributed by atoms with Crippen LogP contribution in [0.15, 0.2) is 53.4 Å². The molecule has 6 heteroatoms. The summed E-state index contributed by atoms with van der Waals surface area (Å²) in [5.74, 6) is -0.293. The number of carbonyl (C=O) groups is 1. The third kappa shape index (κ3) is 4.91. The maximum absolute atomic E-state index is 12.4. The number of hydrogen-bond donors (Lipinski definition) is 2. The molecule has 2 rings (SSSR count). The molecule has 2 aromatic rings. The Kier molecular flexibility index (Phi) is 5.75. The van der Waals surface area contributed by atoms with Gasteiger partial charge in [0.25, 0.3) is 5.91 Å². The lowest BCUT2D eigenvalue weighted by Crippen LogP contribution is -2.33. The van der Waals surface area contributed by atoms with Crippen molar-refractivity contribution in [1.82, 2.24) is 5.32 Å². The number of sulfonamides is 1. The zero-order valence-electron chi connectivity index (χ0n) is 13.8. The third-order valence-corrected chi connectivity index (χ3v) is 4.78. The fourth-order valence-electron chi connectivity index (χ4n) is 2.42. The van der Waals surface area contributed by atoms with Crippen molar-refractivity contribution in [3.63, 3.8) is 0 Å². The van der Waals surface area contributed by atoms with Crippen molar-refractivity contribution in [2.75, 3.05) is 0 Å². The van der Waals surface area contributed by atoms with Gasteiger partial charge < -0.3 is 5.32 Å². The minimum atomic E-state index is -3.83. The second-order valence-corrected chi connectivity index (χ2v) is 7.48. The van der Waals surface area contributed by atoms with E-state index in [-0.39, 0.29) is 16.8 Å². The van der Waals surface area contributed by atoms with E-state index >= 15 is 0 Å². The summed E-state index contributed by atoms with van der Waals surface area (Å²) in [7, 11) is -3.83. The minimum Gasteiger partial charge on any atom is -0.350 e. The fraction of sp³-hybridized carbons (Fsp3) is 0.278. The highest BCUT2D eigenvalue weighted by molar-refractivity contribution is 7.89. The molecule has 0 saturated heterocycles. The van der Waals surface area contributed by atoms with Gasteiger partial charge in [-0.05, 0) is 49.9 Å². The molecular weight excluding hydrogens is 324 g/mol. The number of amides is 1. The van der Waals surface area contributed by atoms with Gasteiger partial charge in [-0.1, -0.05) is 36.4 Å². The molecule has 5 nitrogen and oxygen atoms in total. The van der Waals surface area contributed by atoms with Crippen LogP contribution in [0.4, 0.5) is 0 Å². The summed E-state index contributed by atoms with van der Waals surface area (Å²) >= 11 is 0. The first-order chi connectivity index (χ1) is 11.3. The average Bonchev–Trinajstić information content (AvgIpc) is 2.53. The predicted octanol–water partition coefficient (Wildman–Crippen LogP) is 2.39. The zero-order valence-corrected chi connectivity index (χ0v) is 14.6. The van der Waals surface area contributed by atoms with Crippen LogP contribution >= 0.6 is 0 Å². The van der Waals surface area contributed by atoms with E-state index < -0.39 is 10.0 Å². The molecule has 0 aliphatic carbocycles. The van der Waals surface area contributed by atoms with Gasteiger partial charge in [-0.3, -0.25) is 4.79 Å². The number of primary sulfonamides is 1. The van der Waals surface area contributed by atoms with Crippen LogP contribution in [0.25, 0.3) is 0 Å². The van der Waals surface area contributed by atoms with Crippen molar-refractivity contribution < 1.29 is 13.2 Å². The van der Waals surface area contributed by atoms with Crippen LogP contribution in [-0.2, 0) is 16.4 Å². The summed E-state index contributed by atoms with van der Waals surface area (Å²) < 4.78 is 22.9. The first-order valence-electron chi connectivity index (χ1n) is 7.75. The topological polar surface area (TPSA) is 89.3 Å². The minimum absolute atomic E-state index is 0.0322. The molecule has 128 valence electrons. The predicted molar refractivity (Wildman–Crippen MR) is 94.2 cm³/mol. The Morgan fingerprint density at radius 1 is 1.17 bits per heavy atom. The van der Waals surface area contributed by atoms with Crippen molar-refractivity contribution in [2.45, 2.75) is 37.6 Å². The molecule has 1 atom stereocenters. The van der Waals surface area contributed by atoms with Gasteiger partial charge in [0.1, 0.15) is 0 Å². The monoisotopic (exact) mass is 346 g/mol. The standard InChI is InChI=1S/C18H22N2O3S/c1-13-8-11-16(24(19,22)23)12-17(13)18(21)20-14(2)9-10-15-6-4-3-5-7-15/h3-8,11-12,14H,9-10H2,1-2H3,(H,20,21)(H2,19,22,23). The van der Waals surface area contributed by atoms with E-state index in [1.54, 1.807) is 13.0 Å². The molecule has 0 spiro atoms. The van der Waals surface area contributed by atoms with Gasteiger partial charge in [-0.15, -0.1) is 0 Å². The van der Waals surface area contributed by atoms with Crippen LogP contribution < -0.4 is 10.5 Å². The maximum Gasteiger partial charge on any atom is 0.251 e. The van der Waals surface area contributed by atoms with Gasteiger partial charge in [0.2, 0.25) is 10.0 Å². The second-order valence-electron chi connectivity index (χ2n) is 5.92. The van der Waals surface area contributed by atoms with Crippen LogP contribution in [0, 0.1) is 6.92 Å². The van der Waals surface area contributed by atoms with Crippen LogP contribution in [-0.4, -0.2) is 20.4 Å². The van der Waals surface area contributed by atoms with Crippen molar-refractivity contribution in [1.29, 1.82) is 0 Å². The van der Waals surface area contributed by atoms with Crippen molar-refractivity contribution in [3.8, 4) is 0 Å². The Labute approximate surface area is 142 Å². The number of carbonyl (C=O) groups excluding carboxylic acids is 1. The van der Waals surface area contributed by atoms with Crippen molar-refractivity contribution >= 4 is 15.9 Å². The Morgan fingerprint density at radius 2 is 1.83 bits per heavy atom. The number of nitrogens with one attached hydrogen (secondary N) is 1. The lowest BCUT2D eigenvalue weighted by molar-refractivity contribution is 0.0937. The van der Waals surface area contributed by atoms with Crippen molar-refractivity contribution in [2.24, 2.45) is 5.14 Å². The molecule has 0 heterocycles. The number of benzene rings is 2. The third-order valence-electron chi connectivity index (χ3n) is 3.87. The first-order valence-corrected chi connectivity index (χ1v) is 9.30. The highest BCUT2D eigenvalue weighted by Crippen LogP contribution is 2.15. The number of aryl methyl sites for hydroxylation is 2. The molecule has 0 aliphatic heterocycles. The summed E-state index contributed by atoms with van der Waals surface area (Å²) in [6.45, 7) is 3.69. The maximum atomic E-state index is 12.4. The molecule has 0 fully saturated rings. The Balaban J connectivity index is 2.04. The second kappa shape index (κ2) is 7.59.